The van der Waals surface area contributed by atoms with Crippen LogP contribution in [-0.2, 0) is 9.36 Å². The summed E-state index contributed by atoms with van der Waals surface area (Å²) in [4.78, 5) is 27.0. The van der Waals surface area contributed by atoms with E-state index in [0.29, 0.717) is 21.9 Å². The molecule has 0 bridgehead atoms. The van der Waals surface area contributed by atoms with Crippen molar-refractivity contribution in [3.8, 4) is 0 Å². The van der Waals surface area contributed by atoms with Gasteiger partial charge in [0.15, 0.2) is 0 Å². The minimum atomic E-state index is -3.51. The van der Waals surface area contributed by atoms with E-state index in [1.165, 1.54) is 30.3 Å². The first-order valence-corrected chi connectivity index (χ1v) is 9.31. The number of carbonyl (C=O) groups excluding carboxylic acids is 2. The molecule has 0 heterocycles. The fourth-order valence-corrected chi connectivity index (χ4v) is 5.04. The van der Waals surface area contributed by atoms with Crippen LogP contribution in [0.15, 0.2) is 89.9 Å². The first-order chi connectivity index (χ1) is 12.2. The van der Waals surface area contributed by atoms with Crippen LogP contribution in [0.2, 0.25) is 0 Å². The molecule has 0 unspecified atom stereocenters. The lowest BCUT2D eigenvalue weighted by molar-refractivity contribution is 0.107. The molecule has 0 saturated heterocycles. The monoisotopic (exact) mass is 347 g/mol. The van der Waals surface area contributed by atoms with Gasteiger partial charge in [0.2, 0.25) is 18.7 Å². The summed E-state index contributed by atoms with van der Waals surface area (Å²) in [5.41, 5.74) is 0.244. The Kier molecular flexibility index (Phi) is 4.85. The second kappa shape index (κ2) is 7.23. The quantitative estimate of drug-likeness (QED) is 0.400. The molecule has 0 aromatic heterocycles. The minimum absolute atomic E-state index is 0.306. The average Bonchev–Trinajstić information content (AvgIpc) is 2.69. The molecule has 0 fully saturated rings. The summed E-state index contributed by atoms with van der Waals surface area (Å²) in [6.07, 6.45) is 1.45. The van der Waals surface area contributed by atoms with Crippen molar-refractivity contribution in [3.05, 3.63) is 90.5 Å². The third-order valence-electron chi connectivity index (χ3n) is 3.81. The van der Waals surface area contributed by atoms with E-state index in [9.17, 15) is 14.2 Å². The lowest BCUT2D eigenvalue weighted by atomic mass is 10.2. The van der Waals surface area contributed by atoms with Gasteiger partial charge in [-0.2, -0.15) is 4.99 Å². The number of nitrogens with zero attached hydrogens (tertiary/aromatic N) is 1. The largest absolute Gasteiger partial charge is 0.305 e. The molecular formula is C20H14NO3P. The molecule has 122 valence electrons. The van der Waals surface area contributed by atoms with Gasteiger partial charge in [0.25, 0.3) is 0 Å². The molecule has 3 rings (SSSR count). The Hall–Kier alpha value is -3.06. The highest BCUT2D eigenvalue weighted by Crippen LogP contribution is 2.46. The van der Waals surface area contributed by atoms with E-state index in [1.54, 1.807) is 48.5 Å². The van der Waals surface area contributed by atoms with Crippen molar-refractivity contribution in [2.75, 3.05) is 0 Å². The van der Waals surface area contributed by atoms with Crippen molar-refractivity contribution in [1.82, 2.24) is 0 Å². The number of carbonyl (C=O) groups is 1. The van der Waals surface area contributed by atoms with E-state index >= 15 is 0 Å². The first kappa shape index (κ1) is 16.8. The second-order valence-corrected chi connectivity index (χ2v) is 7.99. The molecule has 0 radical (unpaired) electrons. The second-order valence-electron chi connectivity index (χ2n) is 5.34. The Morgan fingerprint density at radius 2 is 1.24 bits per heavy atom. The fourth-order valence-electron chi connectivity index (χ4n) is 2.57. The van der Waals surface area contributed by atoms with Gasteiger partial charge in [-0.05, 0) is 24.3 Å². The Labute approximate surface area is 145 Å². The fraction of sp³-hybridized carbons (Fsp3) is 0. The molecule has 0 aliphatic carbocycles. The molecule has 0 atom stereocenters. The van der Waals surface area contributed by atoms with Crippen LogP contribution in [0.5, 0.6) is 0 Å². The number of isocyanates is 1. The Morgan fingerprint density at radius 3 is 1.68 bits per heavy atom. The van der Waals surface area contributed by atoms with Gasteiger partial charge in [-0.25, -0.2) is 4.79 Å². The molecule has 5 heteroatoms. The maximum Gasteiger partial charge on any atom is 0.240 e. The smallest absolute Gasteiger partial charge is 0.240 e. The molecule has 0 N–H and O–H groups in total. The maximum absolute atomic E-state index is 13.9. The van der Waals surface area contributed by atoms with Crippen LogP contribution in [0, 0.1) is 0 Å². The van der Waals surface area contributed by atoms with Gasteiger partial charge in [0.1, 0.15) is 0 Å². The van der Waals surface area contributed by atoms with Crippen LogP contribution in [0.25, 0.3) is 0 Å². The first-order valence-electron chi connectivity index (χ1n) is 7.60. The summed E-state index contributed by atoms with van der Waals surface area (Å²) >= 11 is 0. The van der Waals surface area contributed by atoms with Crippen LogP contribution in [0.4, 0.5) is 5.69 Å². The number of hydrogen-bond acceptors (Lipinski definition) is 4. The van der Waals surface area contributed by atoms with Crippen LogP contribution < -0.4 is 10.6 Å². The SMILES string of the molecule is O=C=Nc1ccc(C(=O)P(=O)(c2ccccc2)c2ccccc2)cc1. The van der Waals surface area contributed by atoms with E-state index in [0.717, 1.165) is 0 Å². The summed E-state index contributed by atoms with van der Waals surface area (Å²) in [6, 6.07) is 23.6. The summed E-state index contributed by atoms with van der Waals surface area (Å²) in [5.74, 6) is 0. The van der Waals surface area contributed by atoms with Gasteiger partial charge in [0.05, 0.1) is 5.69 Å². The number of aliphatic imine (C=N–C) groups is 1. The van der Waals surface area contributed by atoms with Crippen molar-refractivity contribution in [3.63, 3.8) is 0 Å². The van der Waals surface area contributed by atoms with Crippen LogP contribution in [0.3, 0.4) is 0 Å². The van der Waals surface area contributed by atoms with Crippen LogP contribution in [0.1, 0.15) is 10.4 Å². The molecule has 0 aliphatic rings. The van der Waals surface area contributed by atoms with Crippen molar-refractivity contribution in [1.29, 1.82) is 0 Å². The van der Waals surface area contributed by atoms with Crippen molar-refractivity contribution in [2.45, 2.75) is 0 Å². The highest BCUT2D eigenvalue weighted by Gasteiger charge is 2.36. The molecular weight excluding hydrogens is 333 g/mol. The Balaban J connectivity index is 2.14. The summed E-state index contributed by atoms with van der Waals surface area (Å²) < 4.78 is 13.9. The van der Waals surface area contributed by atoms with E-state index in [1.807, 2.05) is 12.1 Å². The normalized spacial score (nSPS) is 10.7. The highest BCUT2D eigenvalue weighted by atomic mass is 31.2. The number of benzene rings is 3. The molecule has 0 saturated carbocycles. The van der Waals surface area contributed by atoms with Crippen LogP contribution >= 0.6 is 7.14 Å². The molecule has 3 aromatic carbocycles. The molecule has 0 aliphatic heterocycles. The number of hydrogen-bond donors (Lipinski definition) is 0. The number of rotatable bonds is 5. The lowest BCUT2D eigenvalue weighted by Crippen LogP contribution is -2.22. The molecule has 25 heavy (non-hydrogen) atoms. The summed E-state index contributed by atoms with van der Waals surface area (Å²) in [6.45, 7) is 0. The molecule has 3 aromatic rings. The lowest BCUT2D eigenvalue weighted by Gasteiger charge is -2.18. The van der Waals surface area contributed by atoms with E-state index in [4.69, 9.17) is 0 Å². The Morgan fingerprint density at radius 1 is 0.760 bits per heavy atom. The predicted molar refractivity (Wildman–Crippen MR) is 98.3 cm³/mol. The Bertz CT molecular complexity index is 933. The topological polar surface area (TPSA) is 63.6 Å². The van der Waals surface area contributed by atoms with Gasteiger partial charge in [-0.1, -0.05) is 60.7 Å². The van der Waals surface area contributed by atoms with Crippen molar-refractivity contribution < 1.29 is 14.2 Å². The van der Waals surface area contributed by atoms with Gasteiger partial charge < -0.3 is 4.57 Å². The van der Waals surface area contributed by atoms with E-state index < -0.39 is 12.7 Å². The predicted octanol–water partition coefficient (Wildman–Crippen LogP) is 3.81. The van der Waals surface area contributed by atoms with E-state index in [-0.39, 0.29) is 0 Å². The zero-order valence-electron chi connectivity index (χ0n) is 13.2. The summed E-state index contributed by atoms with van der Waals surface area (Å²) in [7, 11) is -3.51. The summed E-state index contributed by atoms with van der Waals surface area (Å²) in [5, 5.41) is 0.974. The van der Waals surface area contributed by atoms with Crippen molar-refractivity contribution in [2.24, 2.45) is 4.99 Å². The molecule has 0 spiro atoms. The van der Waals surface area contributed by atoms with Gasteiger partial charge in [-0.15, -0.1) is 0 Å². The van der Waals surface area contributed by atoms with Crippen LogP contribution in [-0.4, -0.2) is 11.6 Å². The van der Waals surface area contributed by atoms with Crippen molar-refractivity contribution >= 4 is 35.0 Å². The van der Waals surface area contributed by atoms with E-state index in [2.05, 4.69) is 4.99 Å². The standard InChI is InChI=1S/C20H14NO3P/c22-15-21-17-13-11-16(12-14-17)20(23)25(24,18-7-3-1-4-8-18)19-9-5-2-6-10-19/h1-14H. The average molecular weight is 347 g/mol. The van der Waals surface area contributed by atoms with Gasteiger partial charge >= 0.3 is 0 Å². The third kappa shape index (κ3) is 3.27. The minimum Gasteiger partial charge on any atom is -0.305 e. The highest BCUT2D eigenvalue weighted by molar-refractivity contribution is 7.93. The van der Waals surface area contributed by atoms with Gasteiger partial charge in [-0.3, -0.25) is 4.79 Å². The zero-order chi connectivity index (χ0) is 17.7. The molecule has 4 nitrogen and oxygen atoms in total. The zero-order valence-corrected chi connectivity index (χ0v) is 14.1. The van der Waals surface area contributed by atoms with Gasteiger partial charge in [0, 0.05) is 16.2 Å². The molecule has 0 amide bonds. The maximum atomic E-state index is 13.9. The third-order valence-corrected chi connectivity index (χ3v) is 6.70.